The Morgan fingerprint density at radius 2 is 0.837 bits per heavy atom. The number of hydrogen-bond acceptors (Lipinski definition) is 3. The van der Waals surface area contributed by atoms with E-state index in [1.807, 2.05) is 103 Å². The first-order valence-electron chi connectivity index (χ1n) is 17.7. The first-order chi connectivity index (χ1) is 24.6. The Morgan fingerprint density at radius 3 is 1.35 bits per heavy atom. The maximum absolute atomic E-state index is 9.02. The summed E-state index contributed by atoms with van der Waals surface area (Å²) in [5.74, 6) is 1.24. The zero-order valence-electron chi connectivity index (χ0n) is 30.7. The van der Waals surface area contributed by atoms with Crippen LogP contribution in [0.4, 0.5) is 0 Å². The summed E-state index contributed by atoms with van der Waals surface area (Å²) < 4.78 is 71.2. The minimum absolute atomic E-state index is 0.00699. The largest absolute Gasteiger partial charge is 0.309 e. The summed E-state index contributed by atoms with van der Waals surface area (Å²) in [5.41, 5.74) is 4.14. The minimum atomic E-state index is -0.496. The average molecular weight is 559 g/mol. The Bertz CT molecular complexity index is 2530. The van der Waals surface area contributed by atoms with E-state index >= 15 is 0 Å². The van der Waals surface area contributed by atoms with Gasteiger partial charge in [-0.3, -0.25) is 0 Å². The number of fused-ring (bicyclic) bond motifs is 3. The number of rotatable bonds is 5. The van der Waals surface area contributed by atoms with Gasteiger partial charge in [0.25, 0.3) is 0 Å². The lowest BCUT2D eigenvalue weighted by atomic mass is 10.0. The van der Waals surface area contributed by atoms with E-state index < -0.39 is 36.3 Å². The third-order valence-electron chi connectivity index (χ3n) is 7.27. The highest BCUT2D eigenvalue weighted by molar-refractivity contribution is 6.09. The normalized spacial score (nSPS) is 13.9. The van der Waals surface area contributed by atoms with E-state index in [9.17, 15) is 0 Å². The van der Waals surface area contributed by atoms with Crippen molar-refractivity contribution < 1.29 is 11.0 Å². The lowest BCUT2D eigenvalue weighted by Crippen LogP contribution is -2.01. The molecule has 2 aromatic heterocycles. The lowest BCUT2D eigenvalue weighted by Gasteiger charge is -2.14. The van der Waals surface area contributed by atoms with Crippen LogP contribution in [0.15, 0.2) is 158 Å². The van der Waals surface area contributed by atoms with E-state index in [1.165, 1.54) is 4.57 Å². The Labute approximate surface area is 260 Å². The van der Waals surface area contributed by atoms with Crippen molar-refractivity contribution in [2.45, 2.75) is 0 Å². The smallest absolute Gasteiger partial charge is 0.164 e. The molecule has 6 aromatic carbocycles. The molecule has 0 unspecified atom stereocenters. The van der Waals surface area contributed by atoms with E-state index in [-0.39, 0.29) is 33.9 Å². The van der Waals surface area contributed by atoms with Gasteiger partial charge in [0.15, 0.2) is 17.5 Å². The molecule has 2 heterocycles. The summed E-state index contributed by atoms with van der Waals surface area (Å²) in [6, 6.07) is 30.7. The predicted molar refractivity (Wildman–Crippen MR) is 176 cm³/mol. The molecule has 4 heteroatoms. The zero-order valence-corrected chi connectivity index (χ0v) is 22.7. The second-order valence-electron chi connectivity index (χ2n) is 9.96. The van der Waals surface area contributed by atoms with Crippen LogP contribution in [0.5, 0.6) is 0 Å². The maximum atomic E-state index is 9.02. The van der Waals surface area contributed by atoms with Crippen molar-refractivity contribution in [1.82, 2.24) is 19.5 Å². The second-order valence-corrected chi connectivity index (χ2v) is 9.96. The van der Waals surface area contributed by atoms with Crippen molar-refractivity contribution >= 4 is 21.8 Å². The summed E-state index contributed by atoms with van der Waals surface area (Å²) in [4.78, 5) is 14.7. The van der Waals surface area contributed by atoms with Gasteiger partial charge in [-0.1, -0.05) is 127 Å². The number of benzene rings is 6. The van der Waals surface area contributed by atoms with Gasteiger partial charge in [-0.05, 0) is 41.4 Å². The number of hydrogen-bond donors (Lipinski definition) is 0. The third kappa shape index (κ3) is 4.55. The Kier molecular flexibility index (Phi) is 4.36. The highest BCUT2D eigenvalue weighted by Gasteiger charge is 2.17. The summed E-state index contributed by atoms with van der Waals surface area (Å²) in [7, 11) is 0. The van der Waals surface area contributed by atoms with Gasteiger partial charge in [0, 0.05) is 33.2 Å². The molecule has 202 valence electrons. The highest BCUT2D eigenvalue weighted by Crippen LogP contribution is 2.36. The molecule has 0 aliphatic heterocycles. The standard InChI is InChI=1S/C39H26N4/c1-4-14-27(15-5-1)30-24-31(26-32(25-30)43-35-22-12-10-20-33(35)34-21-11-13-23-36(34)43)39-41-37(28-16-6-2-7-17-28)40-38(42-39)29-18-8-3-9-19-29/h1-26H/i10D,11D,12D,13D,20D,21D,22D,23D. The van der Waals surface area contributed by atoms with E-state index in [1.54, 1.807) is 6.07 Å². The monoisotopic (exact) mass is 558 g/mol. The molecule has 0 aliphatic rings. The van der Waals surface area contributed by atoms with Crippen LogP contribution in [0, 0.1) is 0 Å². The summed E-state index contributed by atoms with van der Waals surface area (Å²) >= 11 is 0. The van der Waals surface area contributed by atoms with Crippen LogP contribution in [0.25, 0.3) is 72.8 Å². The molecular formula is C39H26N4. The van der Waals surface area contributed by atoms with Crippen LogP contribution in [-0.2, 0) is 0 Å². The van der Waals surface area contributed by atoms with Crippen molar-refractivity contribution in [3.8, 4) is 51.0 Å². The Morgan fingerprint density at radius 1 is 0.419 bits per heavy atom. The van der Waals surface area contributed by atoms with Crippen molar-refractivity contribution in [3.05, 3.63) is 158 Å². The molecule has 0 N–H and O–H groups in total. The van der Waals surface area contributed by atoms with Crippen molar-refractivity contribution in [3.63, 3.8) is 0 Å². The van der Waals surface area contributed by atoms with Crippen LogP contribution in [0.1, 0.15) is 11.0 Å². The molecule has 43 heavy (non-hydrogen) atoms. The molecular weight excluding hydrogens is 524 g/mol. The summed E-state index contributed by atoms with van der Waals surface area (Å²) in [5, 5.41) is 0.0140. The predicted octanol–water partition coefficient (Wildman–Crippen LogP) is 9.64. The molecule has 8 aromatic rings. The van der Waals surface area contributed by atoms with Crippen LogP contribution in [0.2, 0.25) is 0 Å². The number of para-hydroxylation sites is 2. The molecule has 0 amide bonds. The fraction of sp³-hybridized carbons (Fsp3) is 0. The van der Waals surface area contributed by atoms with Crippen LogP contribution >= 0.6 is 0 Å². The molecule has 0 saturated carbocycles. The van der Waals surface area contributed by atoms with Gasteiger partial charge in [-0.2, -0.15) is 0 Å². The van der Waals surface area contributed by atoms with E-state index in [0.717, 1.165) is 22.3 Å². The SMILES string of the molecule is [2H]c1c([2H])c([2H])c2c(c1[2H])c1c([2H])c([2H])c([2H])c([2H])c1n2-c1cc(-c2ccccc2)cc(-c2nc(-c3ccccc3)nc(-c3ccccc3)n2)c1. The fourth-order valence-corrected chi connectivity index (χ4v) is 5.28. The average Bonchev–Trinajstić information content (AvgIpc) is 3.55. The van der Waals surface area contributed by atoms with Crippen molar-refractivity contribution in [1.29, 1.82) is 0 Å². The number of nitrogens with zero attached hydrogens (tertiary/aromatic N) is 4. The minimum Gasteiger partial charge on any atom is -0.309 e. The number of aromatic nitrogens is 4. The molecule has 0 aliphatic carbocycles. The van der Waals surface area contributed by atoms with Crippen LogP contribution < -0.4 is 0 Å². The van der Waals surface area contributed by atoms with Crippen molar-refractivity contribution in [2.24, 2.45) is 0 Å². The molecule has 0 saturated heterocycles. The van der Waals surface area contributed by atoms with Gasteiger partial charge in [0.05, 0.1) is 22.0 Å². The first kappa shape index (κ1) is 17.8. The molecule has 8 rings (SSSR count). The molecule has 0 fully saturated rings. The zero-order chi connectivity index (χ0) is 35.6. The molecule has 0 radical (unpaired) electrons. The fourth-order valence-electron chi connectivity index (χ4n) is 5.28. The lowest BCUT2D eigenvalue weighted by molar-refractivity contribution is 1.07. The molecule has 4 nitrogen and oxygen atoms in total. The third-order valence-corrected chi connectivity index (χ3v) is 7.27. The van der Waals surface area contributed by atoms with Gasteiger partial charge in [-0.25, -0.2) is 15.0 Å². The highest BCUT2D eigenvalue weighted by atomic mass is 15.0. The van der Waals surface area contributed by atoms with Gasteiger partial charge in [0.1, 0.15) is 0 Å². The Balaban J connectivity index is 1.51. The van der Waals surface area contributed by atoms with Gasteiger partial charge < -0.3 is 4.57 Å². The van der Waals surface area contributed by atoms with Crippen LogP contribution in [0.3, 0.4) is 0 Å². The summed E-state index contributed by atoms with van der Waals surface area (Å²) in [6.07, 6.45) is 0. The van der Waals surface area contributed by atoms with Crippen molar-refractivity contribution in [2.75, 3.05) is 0 Å². The first-order valence-corrected chi connectivity index (χ1v) is 13.7. The second kappa shape index (κ2) is 10.5. The quantitative estimate of drug-likeness (QED) is 0.211. The van der Waals surface area contributed by atoms with Crippen LogP contribution in [-0.4, -0.2) is 19.5 Å². The van der Waals surface area contributed by atoms with E-state index in [4.69, 9.17) is 25.9 Å². The molecule has 0 spiro atoms. The van der Waals surface area contributed by atoms with E-state index in [2.05, 4.69) is 0 Å². The van der Waals surface area contributed by atoms with Gasteiger partial charge >= 0.3 is 0 Å². The van der Waals surface area contributed by atoms with Gasteiger partial charge in [0.2, 0.25) is 0 Å². The molecule has 0 bridgehead atoms. The Hall–Kier alpha value is -5.87. The summed E-state index contributed by atoms with van der Waals surface area (Å²) in [6.45, 7) is 0. The van der Waals surface area contributed by atoms with E-state index in [0.29, 0.717) is 28.7 Å². The maximum Gasteiger partial charge on any atom is 0.164 e. The molecule has 0 atom stereocenters. The van der Waals surface area contributed by atoms with Gasteiger partial charge in [-0.15, -0.1) is 0 Å². The topological polar surface area (TPSA) is 43.6 Å².